The van der Waals surface area contributed by atoms with E-state index in [1.54, 1.807) is 4.57 Å². The highest BCUT2D eigenvalue weighted by molar-refractivity contribution is 5.85. The highest BCUT2D eigenvalue weighted by atomic mass is 35.5. The summed E-state index contributed by atoms with van der Waals surface area (Å²) >= 11 is 0. The number of halogens is 2. The van der Waals surface area contributed by atoms with Crippen LogP contribution in [0.2, 0.25) is 0 Å². The largest absolute Gasteiger partial charge is 0.419 e. The molecular formula is C22H30Cl2N4O2. The topological polar surface area (TPSA) is 67.6 Å². The Morgan fingerprint density at radius 3 is 2.30 bits per heavy atom. The molecule has 0 bridgehead atoms. The van der Waals surface area contributed by atoms with Gasteiger partial charge in [0.2, 0.25) is 0 Å². The first-order valence-electron chi connectivity index (χ1n) is 10.0. The predicted molar refractivity (Wildman–Crippen MR) is 128 cm³/mol. The zero-order chi connectivity index (χ0) is 19.5. The van der Waals surface area contributed by atoms with Crippen LogP contribution in [-0.2, 0) is 6.54 Å². The van der Waals surface area contributed by atoms with Crippen molar-refractivity contribution in [3.05, 3.63) is 58.6 Å². The first-order valence-corrected chi connectivity index (χ1v) is 10.0. The third kappa shape index (κ3) is 5.50. The van der Waals surface area contributed by atoms with Crippen molar-refractivity contribution < 1.29 is 4.42 Å². The molecule has 8 heteroatoms. The van der Waals surface area contributed by atoms with E-state index in [0.29, 0.717) is 12.1 Å². The molecule has 0 radical (unpaired) electrons. The molecule has 1 aliphatic rings. The van der Waals surface area contributed by atoms with Crippen LogP contribution in [0.1, 0.15) is 18.4 Å². The molecular weight excluding hydrogens is 423 g/mol. The van der Waals surface area contributed by atoms with Gasteiger partial charge in [0, 0.05) is 44.1 Å². The second-order valence-electron chi connectivity index (χ2n) is 7.62. The second kappa shape index (κ2) is 10.8. The second-order valence-corrected chi connectivity index (χ2v) is 7.62. The van der Waals surface area contributed by atoms with E-state index in [4.69, 9.17) is 10.2 Å². The summed E-state index contributed by atoms with van der Waals surface area (Å²) in [5.41, 5.74) is 10.5. The number of oxazole rings is 1. The van der Waals surface area contributed by atoms with Gasteiger partial charge in [-0.3, -0.25) is 9.47 Å². The van der Waals surface area contributed by atoms with E-state index >= 15 is 0 Å². The van der Waals surface area contributed by atoms with Crippen LogP contribution in [0.25, 0.3) is 11.1 Å². The van der Waals surface area contributed by atoms with Crippen LogP contribution < -0.4 is 16.4 Å². The van der Waals surface area contributed by atoms with Crippen molar-refractivity contribution in [2.75, 3.05) is 43.4 Å². The summed E-state index contributed by atoms with van der Waals surface area (Å²) in [4.78, 5) is 17.0. The van der Waals surface area contributed by atoms with Gasteiger partial charge in [0.25, 0.3) is 0 Å². The molecule has 2 heterocycles. The minimum absolute atomic E-state index is 0. The molecule has 0 atom stereocenters. The Labute approximate surface area is 189 Å². The SMILES string of the molecule is Cc1ccc2c(c1)oc(=O)n2CCCCN1CCN(c2ccc(N)cc2)CC1.Cl.Cl. The molecule has 164 valence electrons. The number of nitrogens with zero attached hydrogens (tertiary/aromatic N) is 3. The molecule has 1 fully saturated rings. The molecule has 2 N–H and O–H groups in total. The van der Waals surface area contributed by atoms with Crippen LogP contribution in [0.4, 0.5) is 11.4 Å². The molecule has 1 aliphatic heterocycles. The summed E-state index contributed by atoms with van der Waals surface area (Å²) in [5.74, 6) is -0.252. The highest BCUT2D eigenvalue weighted by Gasteiger charge is 2.17. The van der Waals surface area contributed by atoms with Crippen molar-refractivity contribution >= 4 is 47.3 Å². The Hall–Kier alpha value is -2.15. The van der Waals surface area contributed by atoms with Crippen molar-refractivity contribution in [1.82, 2.24) is 9.47 Å². The lowest BCUT2D eigenvalue weighted by atomic mass is 10.2. The summed E-state index contributed by atoms with van der Waals surface area (Å²) in [6.45, 7) is 7.99. The minimum atomic E-state index is -0.252. The van der Waals surface area contributed by atoms with Crippen molar-refractivity contribution in [3.63, 3.8) is 0 Å². The van der Waals surface area contributed by atoms with E-state index in [2.05, 4.69) is 21.9 Å². The van der Waals surface area contributed by atoms with Gasteiger partial charge in [-0.2, -0.15) is 0 Å². The van der Waals surface area contributed by atoms with Gasteiger partial charge in [-0.05, 0) is 68.3 Å². The van der Waals surface area contributed by atoms with Gasteiger partial charge in [-0.25, -0.2) is 4.79 Å². The molecule has 6 nitrogen and oxygen atoms in total. The number of fused-ring (bicyclic) bond motifs is 1. The van der Waals surface area contributed by atoms with Crippen LogP contribution in [0.15, 0.2) is 51.7 Å². The van der Waals surface area contributed by atoms with Crippen LogP contribution in [0.3, 0.4) is 0 Å². The van der Waals surface area contributed by atoms with Gasteiger partial charge in [0.15, 0.2) is 5.58 Å². The number of aromatic nitrogens is 1. The maximum Gasteiger partial charge on any atom is 0.419 e. The van der Waals surface area contributed by atoms with Crippen molar-refractivity contribution in [2.45, 2.75) is 26.3 Å². The van der Waals surface area contributed by atoms with Gasteiger partial charge in [0.1, 0.15) is 0 Å². The van der Waals surface area contributed by atoms with E-state index in [1.807, 2.05) is 37.3 Å². The fourth-order valence-electron chi connectivity index (χ4n) is 3.91. The molecule has 1 aromatic heterocycles. The number of aryl methyl sites for hydroxylation is 2. The fraction of sp³-hybridized carbons (Fsp3) is 0.409. The fourth-order valence-corrected chi connectivity index (χ4v) is 3.91. The van der Waals surface area contributed by atoms with Gasteiger partial charge in [-0.1, -0.05) is 6.07 Å². The lowest BCUT2D eigenvalue weighted by Crippen LogP contribution is -2.46. The van der Waals surface area contributed by atoms with Crippen molar-refractivity contribution in [3.8, 4) is 0 Å². The van der Waals surface area contributed by atoms with Crippen molar-refractivity contribution in [1.29, 1.82) is 0 Å². The van der Waals surface area contributed by atoms with Crippen LogP contribution in [0, 0.1) is 6.92 Å². The molecule has 4 rings (SSSR count). The first kappa shape index (κ1) is 24.1. The third-order valence-corrected chi connectivity index (χ3v) is 5.56. The normalized spacial score (nSPS) is 14.4. The number of rotatable bonds is 6. The van der Waals surface area contributed by atoms with Crippen molar-refractivity contribution in [2.24, 2.45) is 0 Å². The maximum absolute atomic E-state index is 12.1. The smallest absolute Gasteiger partial charge is 0.408 e. The number of hydrogen-bond donors (Lipinski definition) is 1. The zero-order valence-electron chi connectivity index (χ0n) is 17.3. The number of benzene rings is 2. The Morgan fingerprint density at radius 1 is 0.933 bits per heavy atom. The quantitative estimate of drug-likeness (QED) is 0.453. The standard InChI is InChI=1S/C22H28N4O2.2ClH/c1-17-4-9-20-21(16-17)28-22(27)26(20)11-3-2-10-24-12-14-25(15-13-24)19-7-5-18(23)6-8-19;;/h4-9,16H,2-3,10-15,23H2,1H3;2*1H. The number of anilines is 2. The zero-order valence-corrected chi connectivity index (χ0v) is 18.9. The van der Waals surface area contributed by atoms with E-state index < -0.39 is 0 Å². The number of nitrogens with two attached hydrogens (primary N) is 1. The molecule has 0 unspecified atom stereocenters. The third-order valence-electron chi connectivity index (χ3n) is 5.56. The van der Waals surface area contributed by atoms with Gasteiger partial charge < -0.3 is 15.1 Å². The number of unbranched alkanes of at least 4 members (excludes halogenated alkanes) is 1. The Balaban J connectivity index is 0.00000160. The number of piperazine rings is 1. The van der Waals surface area contributed by atoms with Crippen LogP contribution in [0.5, 0.6) is 0 Å². The van der Waals surface area contributed by atoms with E-state index in [9.17, 15) is 4.79 Å². The van der Waals surface area contributed by atoms with E-state index in [-0.39, 0.29) is 30.6 Å². The number of hydrogen-bond acceptors (Lipinski definition) is 5. The lowest BCUT2D eigenvalue weighted by molar-refractivity contribution is 0.251. The molecule has 0 amide bonds. The lowest BCUT2D eigenvalue weighted by Gasteiger charge is -2.36. The Morgan fingerprint density at radius 2 is 1.60 bits per heavy atom. The monoisotopic (exact) mass is 452 g/mol. The van der Waals surface area contributed by atoms with Gasteiger partial charge >= 0.3 is 5.76 Å². The summed E-state index contributed by atoms with van der Waals surface area (Å²) < 4.78 is 7.13. The number of nitrogen functional groups attached to an aromatic ring is 1. The first-order chi connectivity index (χ1) is 13.6. The average molecular weight is 453 g/mol. The highest BCUT2D eigenvalue weighted by Crippen LogP contribution is 2.19. The molecule has 0 saturated carbocycles. The molecule has 0 spiro atoms. The summed E-state index contributed by atoms with van der Waals surface area (Å²) in [5, 5.41) is 0. The summed E-state index contributed by atoms with van der Waals surface area (Å²) in [7, 11) is 0. The Kier molecular flexibility index (Phi) is 8.65. The molecule has 30 heavy (non-hydrogen) atoms. The summed E-state index contributed by atoms with van der Waals surface area (Å²) in [6.07, 6.45) is 2.05. The summed E-state index contributed by atoms with van der Waals surface area (Å²) in [6, 6.07) is 14.0. The molecule has 2 aromatic carbocycles. The maximum atomic E-state index is 12.1. The van der Waals surface area contributed by atoms with Crippen LogP contribution >= 0.6 is 24.8 Å². The molecule has 3 aromatic rings. The molecule has 1 saturated heterocycles. The molecule has 0 aliphatic carbocycles. The Bertz CT molecular complexity index is 993. The van der Waals surface area contributed by atoms with E-state index in [0.717, 1.165) is 62.3 Å². The van der Waals surface area contributed by atoms with Crippen LogP contribution in [-0.4, -0.2) is 42.2 Å². The average Bonchev–Trinajstić information content (AvgIpc) is 3.00. The minimum Gasteiger partial charge on any atom is -0.408 e. The van der Waals surface area contributed by atoms with Gasteiger partial charge in [0.05, 0.1) is 5.52 Å². The van der Waals surface area contributed by atoms with Gasteiger partial charge in [-0.15, -0.1) is 24.8 Å². The van der Waals surface area contributed by atoms with E-state index in [1.165, 1.54) is 5.69 Å². The predicted octanol–water partition coefficient (Wildman–Crippen LogP) is 3.93.